The topological polar surface area (TPSA) is 9.23 Å². The first kappa shape index (κ1) is 11.8. The Morgan fingerprint density at radius 2 is 1.93 bits per heavy atom. The fourth-order valence-electron chi connectivity index (χ4n) is 1.37. The molecule has 0 saturated carbocycles. The number of unbranched alkanes of at least 4 members (excludes halogenated alkanes) is 3. The second kappa shape index (κ2) is 8.10. The molecule has 0 aliphatic heterocycles. The van der Waals surface area contributed by atoms with Crippen LogP contribution in [0.15, 0.2) is 42.7 Å². The largest absolute Gasteiger partial charge is 0.497 e. The normalized spacial score (nSPS) is 10.7. The summed E-state index contributed by atoms with van der Waals surface area (Å²) in [5, 5.41) is 0. The van der Waals surface area contributed by atoms with E-state index in [4.69, 9.17) is 4.74 Å². The molecule has 0 fully saturated rings. The van der Waals surface area contributed by atoms with Crippen molar-refractivity contribution < 1.29 is 4.74 Å². The van der Waals surface area contributed by atoms with Gasteiger partial charge in [-0.15, -0.1) is 0 Å². The fraction of sp³-hybridized carbons (Fsp3) is 0.429. The molecule has 0 aliphatic rings. The third-order valence-corrected chi connectivity index (χ3v) is 2.26. The van der Waals surface area contributed by atoms with E-state index in [0.717, 1.165) is 6.42 Å². The average Bonchev–Trinajstić information content (AvgIpc) is 2.29. The smallest absolute Gasteiger partial charge is 0.112 e. The van der Waals surface area contributed by atoms with Crippen molar-refractivity contribution in [2.24, 2.45) is 0 Å². The van der Waals surface area contributed by atoms with Crippen molar-refractivity contribution in [1.82, 2.24) is 0 Å². The molecule has 1 rings (SSSR count). The molecule has 0 radical (unpaired) electrons. The summed E-state index contributed by atoms with van der Waals surface area (Å²) < 4.78 is 5.42. The second-order valence-electron chi connectivity index (χ2n) is 3.66. The summed E-state index contributed by atoms with van der Waals surface area (Å²) in [5.41, 5.74) is 1.22. The van der Waals surface area contributed by atoms with E-state index >= 15 is 0 Å². The maximum absolute atomic E-state index is 5.42. The molecule has 15 heavy (non-hydrogen) atoms. The lowest BCUT2D eigenvalue weighted by Gasteiger charge is -2.00. The highest BCUT2D eigenvalue weighted by Crippen LogP contribution is 2.02. The van der Waals surface area contributed by atoms with Crippen molar-refractivity contribution >= 4 is 0 Å². The van der Waals surface area contributed by atoms with Gasteiger partial charge in [0.1, 0.15) is 6.61 Å². The summed E-state index contributed by atoms with van der Waals surface area (Å²) in [5.74, 6) is 0. The Morgan fingerprint density at radius 3 is 2.67 bits per heavy atom. The number of hydrogen-bond donors (Lipinski definition) is 0. The first-order valence-corrected chi connectivity index (χ1v) is 5.74. The van der Waals surface area contributed by atoms with Gasteiger partial charge in [-0.3, -0.25) is 0 Å². The van der Waals surface area contributed by atoms with E-state index in [1.807, 2.05) is 24.5 Å². The zero-order valence-electron chi connectivity index (χ0n) is 9.49. The minimum absolute atomic E-state index is 0.672. The highest BCUT2D eigenvalue weighted by Gasteiger charge is 1.87. The van der Waals surface area contributed by atoms with Gasteiger partial charge < -0.3 is 4.74 Å². The third kappa shape index (κ3) is 5.95. The van der Waals surface area contributed by atoms with E-state index in [1.165, 1.54) is 24.8 Å². The molecule has 82 valence electrons. The van der Waals surface area contributed by atoms with Crippen LogP contribution in [0.2, 0.25) is 0 Å². The molecular weight excluding hydrogens is 184 g/mol. The van der Waals surface area contributed by atoms with Crippen molar-refractivity contribution in [2.75, 3.05) is 0 Å². The van der Waals surface area contributed by atoms with E-state index in [1.54, 1.807) is 0 Å². The first-order chi connectivity index (χ1) is 7.43. The molecule has 0 aliphatic carbocycles. The Balaban J connectivity index is 2.06. The number of hydrogen-bond acceptors (Lipinski definition) is 1. The zero-order valence-corrected chi connectivity index (χ0v) is 9.49. The predicted molar refractivity (Wildman–Crippen MR) is 64.5 cm³/mol. The van der Waals surface area contributed by atoms with E-state index in [0.29, 0.717) is 6.61 Å². The van der Waals surface area contributed by atoms with Gasteiger partial charge in [0.05, 0.1) is 6.26 Å². The molecule has 0 N–H and O–H groups in total. The molecule has 1 nitrogen and oxygen atoms in total. The Bertz CT molecular complexity index is 264. The zero-order chi connectivity index (χ0) is 10.8. The van der Waals surface area contributed by atoms with Crippen LogP contribution in [-0.2, 0) is 11.3 Å². The average molecular weight is 204 g/mol. The van der Waals surface area contributed by atoms with Crippen molar-refractivity contribution in [3.63, 3.8) is 0 Å². The molecule has 0 amide bonds. The first-order valence-electron chi connectivity index (χ1n) is 5.74. The molecule has 0 heterocycles. The van der Waals surface area contributed by atoms with Gasteiger partial charge in [0.15, 0.2) is 0 Å². The molecule has 1 aromatic carbocycles. The molecule has 0 spiro atoms. The van der Waals surface area contributed by atoms with Gasteiger partial charge in [-0.1, -0.05) is 50.1 Å². The van der Waals surface area contributed by atoms with Gasteiger partial charge >= 0.3 is 0 Å². The summed E-state index contributed by atoms with van der Waals surface area (Å²) in [6, 6.07) is 10.2. The summed E-state index contributed by atoms with van der Waals surface area (Å²) >= 11 is 0. The van der Waals surface area contributed by atoms with Crippen LogP contribution in [-0.4, -0.2) is 0 Å². The van der Waals surface area contributed by atoms with Crippen LogP contribution in [0.25, 0.3) is 0 Å². The minimum Gasteiger partial charge on any atom is -0.497 e. The van der Waals surface area contributed by atoms with Crippen LogP contribution in [0.4, 0.5) is 0 Å². The number of benzene rings is 1. The number of ether oxygens (including phenoxy) is 1. The third-order valence-electron chi connectivity index (χ3n) is 2.26. The van der Waals surface area contributed by atoms with Crippen molar-refractivity contribution in [3.05, 3.63) is 48.2 Å². The number of rotatable bonds is 7. The predicted octanol–water partition coefficient (Wildman–Crippen LogP) is 4.30. The molecule has 1 heteroatoms. The van der Waals surface area contributed by atoms with E-state index in [9.17, 15) is 0 Å². The van der Waals surface area contributed by atoms with Crippen molar-refractivity contribution in [3.8, 4) is 0 Å². The van der Waals surface area contributed by atoms with Crippen molar-refractivity contribution in [1.29, 1.82) is 0 Å². The van der Waals surface area contributed by atoms with Gasteiger partial charge in [0.25, 0.3) is 0 Å². The lowest BCUT2D eigenvalue weighted by atomic mass is 10.2. The van der Waals surface area contributed by atoms with E-state index in [2.05, 4.69) is 25.1 Å². The van der Waals surface area contributed by atoms with E-state index < -0.39 is 0 Å². The monoisotopic (exact) mass is 204 g/mol. The Hall–Kier alpha value is -1.24. The summed E-state index contributed by atoms with van der Waals surface area (Å²) in [4.78, 5) is 0. The second-order valence-corrected chi connectivity index (χ2v) is 3.66. The van der Waals surface area contributed by atoms with Gasteiger partial charge in [0.2, 0.25) is 0 Å². The van der Waals surface area contributed by atoms with Gasteiger partial charge in [-0.25, -0.2) is 0 Å². The van der Waals surface area contributed by atoms with Gasteiger partial charge in [-0.05, 0) is 24.5 Å². The highest BCUT2D eigenvalue weighted by molar-refractivity contribution is 5.13. The van der Waals surface area contributed by atoms with Gasteiger partial charge in [0, 0.05) is 0 Å². The Labute approximate surface area is 92.8 Å². The van der Waals surface area contributed by atoms with Crippen LogP contribution in [0.3, 0.4) is 0 Å². The summed E-state index contributed by atoms with van der Waals surface area (Å²) in [7, 11) is 0. The molecule has 0 unspecified atom stereocenters. The Kier molecular flexibility index (Phi) is 6.39. The summed E-state index contributed by atoms with van der Waals surface area (Å²) in [6.45, 7) is 2.89. The maximum atomic E-state index is 5.42. The molecule has 1 aromatic rings. The quantitative estimate of drug-likeness (QED) is 0.475. The summed E-state index contributed by atoms with van der Waals surface area (Å²) in [6.07, 6.45) is 8.91. The van der Waals surface area contributed by atoms with Crippen LogP contribution in [0.1, 0.15) is 38.2 Å². The van der Waals surface area contributed by atoms with Crippen LogP contribution in [0.5, 0.6) is 0 Å². The standard InChI is InChI=1S/C14H20O/c1-2-3-4-5-9-12-15-13-14-10-7-6-8-11-14/h6-12H,2-5,13H2,1H3. The van der Waals surface area contributed by atoms with Crippen LogP contribution < -0.4 is 0 Å². The fourth-order valence-corrected chi connectivity index (χ4v) is 1.37. The lowest BCUT2D eigenvalue weighted by molar-refractivity contribution is 0.235. The minimum atomic E-state index is 0.672. The molecule has 0 saturated heterocycles. The van der Waals surface area contributed by atoms with Crippen LogP contribution in [0, 0.1) is 0 Å². The maximum Gasteiger partial charge on any atom is 0.112 e. The van der Waals surface area contributed by atoms with E-state index in [-0.39, 0.29) is 0 Å². The number of allylic oxidation sites excluding steroid dienone is 1. The molecule has 0 atom stereocenters. The van der Waals surface area contributed by atoms with Gasteiger partial charge in [-0.2, -0.15) is 0 Å². The SMILES string of the molecule is CCCCCC=COCc1ccccc1. The van der Waals surface area contributed by atoms with Crippen molar-refractivity contribution in [2.45, 2.75) is 39.2 Å². The van der Waals surface area contributed by atoms with Crippen LogP contribution >= 0.6 is 0 Å². The molecule has 0 bridgehead atoms. The Morgan fingerprint density at radius 1 is 1.13 bits per heavy atom. The molecular formula is C14H20O. The molecule has 0 aromatic heterocycles. The lowest BCUT2D eigenvalue weighted by Crippen LogP contribution is -1.84. The highest BCUT2D eigenvalue weighted by atomic mass is 16.5.